The minimum absolute atomic E-state index is 0.00149. The number of carbonyl (C=O) groups is 1. The summed E-state index contributed by atoms with van der Waals surface area (Å²) in [6, 6.07) is 16.0. The largest absolute Gasteiger partial charge is 0.573 e. The van der Waals surface area contributed by atoms with Crippen molar-refractivity contribution in [1.82, 2.24) is 0 Å². The first kappa shape index (κ1) is 44.6. The van der Waals surface area contributed by atoms with Crippen molar-refractivity contribution in [2.75, 3.05) is 23.9 Å². The van der Waals surface area contributed by atoms with Crippen molar-refractivity contribution in [2.45, 2.75) is 37.0 Å². The average Bonchev–Trinajstić information content (AvgIpc) is 3.10. The van der Waals surface area contributed by atoms with Crippen LogP contribution in [0.1, 0.15) is 33.1 Å². The predicted molar refractivity (Wildman–Crippen MR) is 184 cm³/mol. The molecule has 20 heteroatoms. The van der Waals surface area contributed by atoms with E-state index in [2.05, 4.69) is 22.6 Å². The second-order valence-electron chi connectivity index (χ2n) is 11.0. The summed E-state index contributed by atoms with van der Waals surface area (Å²) in [4.78, 5) is 12.1. The van der Waals surface area contributed by atoms with Crippen LogP contribution in [0.4, 0.5) is 58.4 Å². The van der Waals surface area contributed by atoms with E-state index in [9.17, 15) is 62.6 Å². The molecule has 0 fully saturated rings. The molecule has 294 valence electrons. The van der Waals surface area contributed by atoms with Gasteiger partial charge in [-0.05, 0) is 53.6 Å². The summed E-state index contributed by atoms with van der Waals surface area (Å²) in [6.07, 6.45) is -22.0. The lowest BCUT2D eigenvalue weighted by Gasteiger charge is -2.41. The van der Waals surface area contributed by atoms with E-state index in [1.165, 1.54) is 48.5 Å². The van der Waals surface area contributed by atoms with Gasteiger partial charge < -0.3 is 19.5 Å². The molecule has 0 spiro atoms. The monoisotopic (exact) mass is 839 g/mol. The number of hydrogen-bond donors (Lipinski definition) is 1. The van der Waals surface area contributed by atoms with Gasteiger partial charge in [0.05, 0.1) is 35.3 Å². The van der Waals surface area contributed by atoms with E-state index in [1.54, 1.807) is 0 Å². The lowest BCUT2D eigenvalue weighted by molar-refractivity contribution is -0.274. The van der Waals surface area contributed by atoms with Crippen LogP contribution in [-0.4, -0.2) is 48.6 Å². The van der Waals surface area contributed by atoms with Crippen LogP contribution in [0.2, 0.25) is 0 Å². The molecule has 0 bridgehead atoms. The number of benzene rings is 4. The highest BCUT2D eigenvalue weighted by molar-refractivity contribution is 7.92. The number of aliphatic hydroxyl groups excluding tert-OH is 1. The van der Waals surface area contributed by atoms with Crippen molar-refractivity contribution in [3.05, 3.63) is 113 Å². The SMILES string of the molecule is O=C(CCl)c1cccc(C(F)(F)F)c1.OC(CN1c2cccc(-c3cccc(OC(F)(F)F)c3)c2OCC1c1cccc(C(F)(F)F)c1)C(F)(F)F.PP. The molecule has 4 unspecified atom stereocenters. The molecule has 0 radical (unpaired) electrons. The maximum atomic E-state index is 13.3. The van der Waals surface area contributed by atoms with Crippen LogP contribution in [0.3, 0.4) is 0 Å². The highest BCUT2D eigenvalue weighted by atomic mass is 35.5. The minimum atomic E-state index is -5.03. The fourth-order valence-corrected chi connectivity index (χ4v) is 5.23. The van der Waals surface area contributed by atoms with Gasteiger partial charge in [-0.2, -0.15) is 39.5 Å². The van der Waals surface area contributed by atoms with Gasteiger partial charge in [0.2, 0.25) is 0 Å². The number of fused-ring (bicyclic) bond motifs is 1. The number of hydrogen-bond acceptors (Lipinski definition) is 5. The van der Waals surface area contributed by atoms with Gasteiger partial charge in [0.15, 0.2) is 17.6 Å². The summed E-state index contributed by atoms with van der Waals surface area (Å²) in [5, 5.41) is 9.83. The Kier molecular flexibility index (Phi) is 15.1. The third-order valence-electron chi connectivity index (χ3n) is 7.42. The highest BCUT2D eigenvalue weighted by Gasteiger charge is 2.43. The fraction of sp³-hybridized carbons (Fsp3) is 0.265. The number of anilines is 1. The summed E-state index contributed by atoms with van der Waals surface area (Å²) in [5.41, 5.74) is -1.51. The topological polar surface area (TPSA) is 59.0 Å². The Bertz CT molecular complexity index is 1870. The van der Waals surface area contributed by atoms with E-state index in [4.69, 9.17) is 16.3 Å². The molecule has 0 saturated carbocycles. The standard InChI is InChI=1S/C25H18F9NO3.C9H6ClF3O.H4P2/c26-23(27,28)16-6-1-5-15(10-16)20-13-37-22-18(14-4-2-7-17(11-14)38-25(32,33)34)8-3-9-19(22)35(20)12-21(36)24(29,30)31;10-5-8(14)6-2-1-3-7(4-6)9(11,12)13;1-2/h1-11,20-21,36H,12-13H2;1-4H,5H2;1-2H2. The van der Waals surface area contributed by atoms with E-state index in [1.807, 2.05) is 0 Å². The molecule has 4 aromatic carbocycles. The molecule has 1 aliphatic heterocycles. The van der Waals surface area contributed by atoms with Crippen LogP contribution in [-0.2, 0) is 12.4 Å². The third kappa shape index (κ3) is 12.1. The van der Waals surface area contributed by atoms with Gasteiger partial charge >= 0.3 is 24.9 Å². The van der Waals surface area contributed by atoms with Crippen LogP contribution in [0.5, 0.6) is 11.5 Å². The lowest BCUT2D eigenvalue weighted by atomic mass is 9.97. The number of nitrogens with zero attached hydrogens (tertiary/aromatic N) is 1. The molecule has 4 aromatic rings. The van der Waals surface area contributed by atoms with Gasteiger partial charge in [0, 0.05) is 11.1 Å². The molecule has 5 nitrogen and oxygen atoms in total. The number of aliphatic hydroxyl groups is 1. The highest BCUT2D eigenvalue weighted by Crippen LogP contribution is 2.47. The van der Waals surface area contributed by atoms with Crippen molar-refractivity contribution in [3.8, 4) is 22.6 Å². The van der Waals surface area contributed by atoms with Crippen LogP contribution in [0.15, 0.2) is 91.0 Å². The molecule has 1 aliphatic rings. The first-order chi connectivity index (χ1) is 25.1. The molecule has 5 rings (SSSR count). The van der Waals surface area contributed by atoms with Crippen LogP contribution >= 0.6 is 29.5 Å². The van der Waals surface area contributed by atoms with Crippen LogP contribution in [0.25, 0.3) is 11.1 Å². The van der Waals surface area contributed by atoms with Crippen molar-refractivity contribution in [1.29, 1.82) is 0 Å². The Balaban J connectivity index is 0.000000410. The predicted octanol–water partition coefficient (Wildman–Crippen LogP) is 10.9. The van der Waals surface area contributed by atoms with Gasteiger partial charge in [0.25, 0.3) is 0 Å². The molecule has 0 aliphatic carbocycles. The number of alkyl halides is 13. The third-order valence-corrected chi connectivity index (χ3v) is 7.67. The molecular weight excluding hydrogens is 812 g/mol. The van der Waals surface area contributed by atoms with Gasteiger partial charge in [0.1, 0.15) is 12.4 Å². The number of halogens is 13. The van der Waals surface area contributed by atoms with E-state index in [-0.39, 0.29) is 39.6 Å². The zero-order chi connectivity index (χ0) is 40.6. The molecule has 0 aromatic heterocycles. The summed E-state index contributed by atoms with van der Waals surface area (Å²) in [7, 11) is 4.67. The summed E-state index contributed by atoms with van der Waals surface area (Å²) < 4.78 is 164. The van der Waals surface area contributed by atoms with Crippen LogP contribution < -0.4 is 14.4 Å². The molecule has 4 atom stereocenters. The number of ketones is 1. The quantitative estimate of drug-likeness (QED) is 0.0869. The second-order valence-corrected chi connectivity index (χ2v) is 11.3. The van der Waals surface area contributed by atoms with Crippen molar-refractivity contribution >= 4 is 40.9 Å². The number of para-hydroxylation sites is 1. The number of ether oxygens (including phenoxy) is 2. The summed E-state index contributed by atoms with van der Waals surface area (Å²) in [6.45, 7) is -1.45. The van der Waals surface area contributed by atoms with Crippen molar-refractivity contribution in [2.24, 2.45) is 0 Å². The van der Waals surface area contributed by atoms with Crippen LogP contribution in [0, 0.1) is 0 Å². The minimum Gasteiger partial charge on any atom is -0.488 e. The zero-order valence-corrected chi connectivity index (χ0v) is 30.2. The Morgan fingerprint density at radius 2 is 1.39 bits per heavy atom. The van der Waals surface area contributed by atoms with Crippen molar-refractivity contribution in [3.63, 3.8) is 0 Å². The van der Waals surface area contributed by atoms with E-state index < -0.39 is 72.8 Å². The molecule has 0 saturated heterocycles. The molecule has 54 heavy (non-hydrogen) atoms. The smallest absolute Gasteiger partial charge is 0.488 e. The van der Waals surface area contributed by atoms with Gasteiger partial charge in [-0.1, -0.05) is 48.5 Å². The maximum Gasteiger partial charge on any atom is 0.573 e. The normalized spacial score (nSPS) is 15.0. The van der Waals surface area contributed by atoms with E-state index in [0.29, 0.717) is 0 Å². The Labute approximate surface area is 309 Å². The summed E-state index contributed by atoms with van der Waals surface area (Å²) >= 11 is 5.22. The van der Waals surface area contributed by atoms with Crippen molar-refractivity contribution < 1.29 is 72.1 Å². The lowest BCUT2D eigenvalue weighted by Crippen LogP contribution is -2.46. The van der Waals surface area contributed by atoms with E-state index in [0.717, 1.165) is 47.4 Å². The Morgan fingerprint density at radius 1 is 0.815 bits per heavy atom. The van der Waals surface area contributed by atoms with Gasteiger partial charge in [-0.25, -0.2) is 0 Å². The molecule has 0 amide bonds. The molecule has 1 heterocycles. The Morgan fingerprint density at radius 3 is 1.96 bits per heavy atom. The maximum absolute atomic E-state index is 13.3. The second kappa shape index (κ2) is 18.2. The zero-order valence-electron chi connectivity index (χ0n) is 27.1. The first-order valence-electron chi connectivity index (χ1n) is 15.0. The average molecular weight is 840 g/mol. The molecule has 1 N–H and O–H groups in total. The van der Waals surface area contributed by atoms with Gasteiger partial charge in [-0.3, -0.25) is 4.79 Å². The van der Waals surface area contributed by atoms with Gasteiger partial charge in [-0.15, -0.1) is 42.6 Å². The Hall–Kier alpha value is -3.78. The number of carbonyl (C=O) groups excluding carboxylic acids is 1. The number of rotatable bonds is 7. The molecular formula is C34H28ClF12NO4P2. The van der Waals surface area contributed by atoms with E-state index >= 15 is 0 Å². The fourth-order valence-electron chi connectivity index (χ4n) is 5.07. The summed E-state index contributed by atoms with van der Waals surface area (Å²) in [5.74, 6) is -1.40. The number of Topliss-reactive ketones (excluding diaryl/α,β-unsaturated/α-hetero) is 1. The first-order valence-corrected chi connectivity index (χ1v) is 18.2. The number of β-amino-alcohol motifs (C(OH)–C–C–N with tert-alkyl or cyclic N) is 1.